The van der Waals surface area contributed by atoms with Gasteiger partial charge in [-0.15, -0.1) is 0 Å². The topological polar surface area (TPSA) is 73.8 Å². The van der Waals surface area contributed by atoms with Crippen LogP contribution in [0.4, 0.5) is 0 Å². The molecule has 0 amide bonds. The van der Waals surface area contributed by atoms with Gasteiger partial charge in [0.1, 0.15) is 9.84 Å². The highest BCUT2D eigenvalue weighted by Gasteiger charge is 2.22. The summed E-state index contributed by atoms with van der Waals surface area (Å²) in [6.07, 6.45) is 4.12. The lowest BCUT2D eigenvalue weighted by atomic mass is 9.90. The molecule has 0 spiro atoms. The lowest BCUT2D eigenvalue weighted by molar-refractivity contribution is 0.198. The van der Waals surface area contributed by atoms with Gasteiger partial charge in [-0.2, -0.15) is 11.3 Å². The highest BCUT2D eigenvalue weighted by molar-refractivity contribution is 7.90. The molecule has 0 bridgehead atoms. The van der Waals surface area contributed by atoms with E-state index in [2.05, 4.69) is 53.1 Å². The zero-order chi connectivity index (χ0) is 20.6. The predicted molar refractivity (Wildman–Crippen MR) is 120 cm³/mol. The molecule has 1 aliphatic rings. The first kappa shape index (κ1) is 23.2. The van der Waals surface area contributed by atoms with Crippen LogP contribution in [0.15, 0.2) is 21.8 Å². The average Bonchev–Trinajstić information content (AvgIpc) is 3.13. The molecule has 6 nitrogen and oxygen atoms in total. The SMILES string of the molecule is CCNC(=NCC(C)(C)CCS(C)(=O)=O)NC1CCN(Cc2ccsc2)CC1. The van der Waals surface area contributed by atoms with Crippen LogP contribution in [-0.4, -0.2) is 63.5 Å². The summed E-state index contributed by atoms with van der Waals surface area (Å²) in [4.78, 5) is 7.26. The molecule has 0 atom stereocenters. The average molecular weight is 429 g/mol. The predicted octanol–water partition coefficient (Wildman–Crippen LogP) is 2.73. The van der Waals surface area contributed by atoms with E-state index in [1.807, 2.05) is 0 Å². The Morgan fingerprint density at radius 3 is 2.64 bits per heavy atom. The van der Waals surface area contributed by atoms with Crippen LogP contribution >= 0.6 is 11.3 Å². The molecule has 0 aliphatic carbocycles. The quantitative estimate of drug-likeness (QED) is 0.467. The molecular weight excluding hydrogens is 392 g/mol. The number of hydrogen-bond acceptors (Lipinski definition) is 5. The van der Waals surface area contributed by atoms with Crippen molar-refractivity contribution >= 4 is 27.1 Å². The molecule has 1 aromatic heterocycles. The fraction of sp³-hybridized carbons (Fsp3) is 0.750. The van der Waals surface area contributed by atoms with Crippen LogP contribution in [0, 0.1) is 5.41 Å². The van der Waals surface area contributed by atoms with E-state index in [0.29, 0.717) is 19.0 Å². The molecular formula is C20H36N4O2S2. The second kappa shape index (κ2) is 10.6. The van der Waals surface area contributed by atoms with Gasteiger partial charge in [0.15, 0.2) is 5.96 Å². The van der Waals surface area contributed by atoms with Gasteiger partial charge in [-0.05, 0) is 54.0 Å². The summed E-state index contributed by atoms with van der Waals surface area (Å²) in [7, 11) is -2.94. The highest BCUT2D eigenvalue weighted by Crippen LogP contribution is 2.21. The highest BCUT2D eigenvalue weighted by atomic mass is 32.2. The van der Waals surface area contributed by atoms with Crippen molar-refractivity contribution < 1.29 is 8.42 Å². The molecule has 2 heterocycles. The van der Waals surface area contributed by atoms with E-state index in [0.717, 1.165) is 45.0 Å². The number of aliphatic imine (C=N–C) groups is 1. The number of likely N-dealkylation sites (tertiary alicyclic amines) is 1. The molecule has 0 radical (unpaired) electrons. The van der Waals surface area contributed by atoms with Crippen LogP contribution < -0.4 is 10.6 Å². The van der Waals surface area contributed by atoms with E-state index < -0.39 is 9.84 Å². The number of sulfone groups is 1. The molecule has 2 rings (SSSR count). The molecule has 0 saturated carbocycles. The molecule has 28 heavy (non-hydrogen) atoms. The largest absolute Gasteiger partial charge is 0.357 e. The molecule has 1 saturated heterocycles. The van der Waals surface area contributed by atoms with Crippen molar-refractivity contribution in [2.24, 2.45) is 10.4 Å². The monoisotopic (exact) mass is 428 g/mol. The minimum Gasteiger partial charge on any atom is -0.357 e. The Labute approximate surface area is 174 Å². The summed E-state index contributed by atoms with van der Waals surface area (Å²) in [5.74, 6) is 1.05. The smallest absolute Gasteiger partial charge is 0.191 e. The van der Waals surface area contributed by atoms with Gasteiger partial charge in [-0.1, -0.05) is 13.8 Å². The van der Waals surface area contributed by atoms with Gasteiger partial charge in [-0.25, -0.2) is 8.42 Å². The van der Waals surface area contributed by atoms with Crippen molar-refractivity contribution in [3.8, 4) is 0 Å². The summed E-state index contributed by atoms with van der Waals surface area (Å²) >= 11 is 1.76. The van der Waals surface area contributed by atoms with E-state index in [9.17, 15) is 8.42 Å². The number of guanidine groups is 1. The third-order valence-corrected chi connectivity index (χ3v) is 6.75. The minimum absolute atomic E-state index is 0.144. The van der Waals surface area contributed by atoms with Crippen LogP contribution in [0.1, 0.15) is 45.6 Å². The van der Waals surface area contributed by atoms with Crippen LogP contribution in [0.5, 0.6) is 0 Å². The standard InChI is InChI=1S/C20H36N4O2S2/c1-5-21-19(22-16-20(2,3)9-13-28(4,25)26)23-18-6-10-24(11-7-18)14-17-8-12-27-15-17/h8,12,15,18H,5-7,9-11,13-14,16H2,1-4H3,(H2,21,22,23). The van der Waals surface area contributed by atoms with Crippen LogP contribution in [-0.2, 0) is 16.4 Å². The first-order valence-electron chi connectivity index (χ1n) is 10.1. The van der Waals surface area contributed by atoms with Gasteiger partial charge in [0.05, 0.1) is 5.75 Å². The number of rotatable bonds is 9. The zero-order valence-electron chi connectivity index (χ0n) is 17.7. The van der Waals surface area contributed by atoms with E-state index in [1.54, 1.807) is 11.3 Å². The third-order valence-electron chi connectivity index (χ3n) is 5.07. The Hall–Kier alpha value is -1.12. The maximum absolute atomic E-state index is 11.4. The molecule has 0 aromatic carbocycles. The number of nitrogens with zero attached hydrogens (tertiary/aromatic N) is 2. The molecule has 1 aliphatic heterocycles. The zero-order valence-corrected chi connectivity index (χ0v) is 19.3. The molecule has 0 unspecified atom stereocenters. The second-order valence-corrected chi connectivity index (χ2v) is 11.6. The number of hydrogen-bond donors (Lipinski definition) is 2. The maximum Gasteiger partial charge on any atom is 0.191 e. The van der Waals surface area contributed by atoms with E-state index in [-0.39, 0.29) is 11.2 Å². The normalized spacial score (nSPS) is 17.6. The fourth-order valence-corrected chi connectivity index (χ4v) is 4.81. The van der Waals surface area contributed by atoms with Crippen LogP contribution in [0.25, 0.3) is 0 Å². The molecule has 8 heteroatoms. The van der Waals surface area contributed by atoms with Gasteiger partial charge in [0.25, 0.3) is 0 Å². The molecule has 1 fully saturated rings. The molecule has 1 aromatic rings. The Bertz CT molecular complexity index is 707. The summed E-state index contributed by atoms with van der Waals surface area (Å²) in [6, 6.07) is 2.63. The minimum atomic E-state index is -2.94. The van der Waals surface area contributed by atoms with Crippen molar-refractivity contribution in [2.75, 3.05) is 38.2 Å². The Balaban J connectivity index is 1.82. The third kappa shape index (κ3) is 8.92. The summed E-state index contributed by atoms with van der Waals surface area (Å²) in [5, 5.41) is 11.3. The van der Waals surface area contributed by atoms with Crippen LogP contribution in [0.3, 0.4) is 0 Å². The van der Waals surface area contributed by atoms with E-state index in [1.165, 1.54) is 11.8 Å². The number of nitrogens with one attached hydrogen (secondary N) is 2. The summed E-state index contributed by atoms with van der Waals surface area (Å²) in [5.41, 5.74) is 1.26. The van der Waals surface area contributed by atoms with Gasteiger partial charge in [-0.3, -0.25) is 9.89 Å². The fourth-order valence-electron chi connectivity index (χ4n) is 3.22. The molecule has 2 N–H and O–H groups in total. The number of piperidine rings is 1. The Morgan fingerprint density at radius 1 is 1.36 bits per heavy atom. The maximum atomic E-state index is 11.4. The number of thiophene rings is 1. The van der Waals surface area contributed by atoms with Crippen molar-refractivity contribution in [1.29, 1.82) is 0 Å². The van der Waals surface area contributed by atoms with Crippen molar-refractivity contribution in [2.45, 2.75) is 52.6 Å². The molecule has 160 valence electrons. The Kier molecular flexibility index (Phi) is 8.77. The lowest BCUT2D eigenvalue weighted by Gasteiger charge is -2.33. The van der Waals surface area contributed by atoms with Gasteiger partial charge >= 0.3 is 0 Å². The van der Waals surface area contributed by atoms with Crippen molar-refractivity contribution in [3.63, 3.8) is 0 Å². The van der Waals surface area contributed by atoms with Crippen LogP contribution in [0.2, 0.25) is 0 Å². The van der Waals surface area contributed by atoms with Gasteiger partial charge in [0.2, 0.25) is 0 Å². The van der Waals surface area contributed by atoms with Gasteiger partial charge < -0.3 is 10.6 Å². The first-order chi connectivity index (χ1) is 13.2. The lowest BCUT2D eigenvalue weighted by Crippen LogP contribution is -2.48. The Morgan fingerprint density at radius 2 is 2.07 bits per heavy atom. The second-order valence-electron chi connectivity index (χ2n) is 8.57. The van der Waals surface area contributed by atoms with Crippen molar-refractivity contribution in [1.82, 2.24) is 15.5 Å². The summed E-state index contributed by atoms with van der Waals surface area (Å²) in [6.45, 7) is 10.9. The van der Waals surface area contributed by atoms with Crippen molar-refractivity contribution in [3.05, 3.63) is 22.4 Å². The van der Waals surface area contributed by atoms with E-state index in [4.69, 9.17) is 4.99 Å². The van der Waals surface area contributed by atoms with Gasteiger partial charge in [0, 0.05) is 45.0 Å². The van der Waals surface area contributed by atoms with E-state index >= 15 is 0 Å². The first-order valence-corrected chi connectivity index (χ1v) is 13.1. The summed E-state index contributed by atoms with van der Waals surface area (Å²) < 4.78 is 22.9.